The molecule has 0 heterocycles. The minimum Gasteiger partial charge on any atom is -0.315 e. The zero-order valence-electron chi connectivity index (χ0n) is 10.2. The van der Waals surface area contributed by atoms with Crippen molar-refractivity contribution in [2.24, 2.45) is 0 Å². The third-order valence-electron chi connectivity index (χ3n) is 2.76. The van der Waals surface area contributed by atoms with Crippen molar-refractivity contribution < 1.29 is 0 Å². The van der Waals surface area contributed by atoms with E-state index < -0.39 is 0 Å². The van der Waals surface area contributed by atoms with Crippen LogP contribution in [0.4, 0.5) is 0 Å². The molecule has 0 aromatic heterocycles. The van der Waals surface area contributed by atoms with Gasteiger partial charge in [0.25, 0.3) is 0 Å². The summed E-state index contributed by atoms with van der Waals surface area (Å²) < 4.78 is 0. The largest absolute Gasteiger partial charge is 0.315 e. The second kappa shape index (κ2) is 5.89. The Kier molecular flexibility index (Phi) is 4.79. The lowest BCUT2D eigenvalue weighted by atomic mass is 10.0. The van der Waals surface area contributed by atoms with Crippen LogP contribution in [0.25, 0.3) is 0 Å². The molecular formula is C13H22N2. The third kappa shape index (κ3) is 3.33. The number of likely N-dealkylation sites (N-methyl/N-ethyl adjacent to an activating group) is 2. The van der Waals surface area contributed by atoms with Crippen molar-refractivity contribution in [3.8, 4) is 0 Å². The van der Waals surface area contributed by atoms with Crippen molar-refractivity contribution in [1.29, 1.82) is 0 Å². The van der Waals surface area contributed by atoms with Crippen molar-refractivity contribution in [1.82, 2.24) is 10.2 Å². The summed E-state index contributed by atoms with van der Waals surface area (Å²) in [7, 11) is 4.27. The zero-order valence-corrected chi connectivity index (χ0v) is 10.2. The van der Waals surface area contributed by atoms with Crippen molar-refractivity contribution in [2.45, 2.75) is 19.9 Å². The van der Waals surface area contributed by atoms with Crippen LogP contribution < -0.4 is 5.32 Å². The van der Waals surface area contributed by atoms with Gasteiger partial charge in [-0.1, -0.05) is 31.2 Å². The number of nitrogens with one attached hydrogen (secondary N) is 1. The fourth-order valence-electron chi connectivity index (χ4n) is 1.81. The summed E-state index contributed by atoms with van der Waals surface area (Å²) >= 11 is 0. The van der Waals surface area contributed by atoms with E-state index in [-0.39, 0.29) is 0 Å². The molecule has 0 aliphatic carbocycles. The number of aryl methyl sites for hydroxylation is 1. The van der Waals surface area contributed by atoms with Gasteiger partial charge in [0.1, 0.15) is 0 Å². The SMILES string of the molecule is CCNCC(c1ccccc1C)N(C)C. The van der Waals surface area contributed by atoms with Gasteiger partial charge in [-0.2, -0.15) is 0 Å². The molecule has 1 N–H and O–H groups in total. The van der Waals surface area contributed by atoms with Crippen molar-refractivity contribution in [2.75, 3.05) is 27.2 Å². The first-order chi connectivity index (χ1) is 7.16. The quantitative estimate of drug-likeness (QED) is 0.794. The Morgan fingerprint density at radius 2 is 1.93 bits per heavy atom. The summed E-state index contributed by atoms with van der Waals surface area (Å²) in [5.41, 5.74) is 2.79. The van der Waals surface area contributed by atoms with Gasteiger partial charge in [0, 0.05) is 12.6 Å². The highest BCUT2D eigenvalue weighted by Crippen LogP contribution is 2.20. The summed E-state index contributed by atoms with van der Waals surface area (Å²) in [5.74, 6) is 0. The molecule has 0 bridgehead atoms. The molecule has 0 amide bonds. The van der Waals surface area contributed by atoms with Crippen molar-refractivity contribution in [3.05, 3.63) is 35.4 Å². The molecule has 1 aromatic carbocycles. The maximum Gasteiger partial charge on any atom is 0.0469 e. The van der Waals surface area contributed by atoms with E-state index in [1.807, 2.05) is 0 Å². The van der Waals surface area contributed by atoms with E-state index in [1.54, 1.807) is 0 Å². The van der Waals surface area contributed by atoms with Gasteiger partial charge >= 0.3 is 0 Å². The maximum atomic E-state index is 3.41. The predicted octanol–water partition coefficient (Wildman–Crippen LogP) is 2.21. The molecule has 2 heteroatoms. The van der Waals surface area contributed by atoms with Crippen LogP contribution in [-0.2, 0) is 0 Å². The Morgan fingerprint density at radius 3 is 2.47 bits per heavy atom. The van der Waals surface area contributed by atoms with Gasteiger partial charge in [0.15, 0.2) is 0 Å². The molecule has 0 radical (unpaired) electrons. The van der Waals surface area contributed by atoms with Crippen LogP contribution in [0.15, 0.2) is 24.3 Å². The van der Waals surface area contributed by atoms with Gasteiger partial charge in [0.2, 0.25) is 0 Å². The minimum absolute atomic E-state index is 0.464. The molecule has 15 heavy (non-hydrogen) atoms. The molecule has 0 aliphatic rings. The summed E-state index contributed by atoms with van der Waals surface area (Å²) in [6.45, 7) is 6.35. The lowest BCUT2D eigenvalue weighted by Crippen LogP contribution is -2.31. The molecule has 0 spiro atoms. The van der Waals surface area contributed by atoms with Gasteiger partial charge in [-0.3, -0.25) is 0 Å². The minimum atomic E-state index is 0.464. The Balaban J connectivity index is 2.84. The Morgan fingerprint density at radius 1 is 1.27 bits per heavy atom. The zero-order chi connectivity index (χ0) is 11.3. The van der Waals surface area contributed by atoms with Crippen LogP contribution in [0, 0.1) is 6.92 Å². The predicted molar refractivity (Wildman–Crippen MR) is 66.2 cm³/mol. The summed E-state index contributed by atoms with van der Waals surface area (Å²) in [6, 6.07) is 9.07. The first-order valence-corrected chi connectivity index (χ1v) is 5.59. The number of rotatable bonds is 5. The van der Waals surface area contributed by atoms with Crippen LogP contribution in [0.2, 0.25) is 0 Å². The van der Waals surface area contributed by atoms with E-state index in [9.17, 15) is 0 Å². The number of hydrogen-bond donors (Lipinski definition) is 1. The average molecular weight is 206 g/mol. The van der Waals surface area contributed by atoms with Crippen LogP contribution >= 0.6 is 0 Å². The Hall–Kier alpha value is -0.860. The van der Waals surface area contributed by atoms with E-state index in [0.29, 0.717) is 6.04 Å². The molecule has 1 rings (SSSR count). The summed E-state index contributed by atoms with van der Waals surface area (Å²) in [6.07, 6.45) is 0. The summed E-state index contributed by atoms with van der Waals surface area (Å²) in [4.78, 5) is 2.27. The van der Waals surface area contributed by atoms with Gasteiger partial charge < -0.3 is 10.2 Å². The molecule has 0 fully saturated rings. The number of hydrogen-bond acceptors (Lipinski definition) is 2. The molecule has 1 atom stereocenters. The van der Waals surface area contributed by atoms with Crippen molar-refractivity contribution >= 4 is 0 Å². The van der Waals surface area contributed by atoms with Gasteiger partial charge in [0.05, 0.1) is 0 Å². The highest BCUT2D eigenvalue weighted by molar-refractivity contribution is 5.28. The van der Waals surface area contributed by atoms with Crippen molar-refractivity contribution in [3.63, 3.8) is 0 Å². The maximum absolute atomic E-state index is 3.41. The molecule has 0 saturated heterocycles. The fourth-order valence-corrected chi connectivity index (χ4v) is 1.81. The molecule has 2 nitrogen and oxygen atoms in total. The molecule has 0 saturated carbocycles. The highest BCUT2D eigenvalue weighted by atomic mass is 15.1. The average Bonchev–Trinajstić information content (AvgIpc) is 2.20. The van der Waals surface area contributed by atoms with E-state index in [0.717, 1.165) is 13.1 Å². The van der Waals surface area contributed by atoms with Gasteiger partial charge in [-0.25, -0.2) is 0 Å². The lowest BCUT2D eigenvalue weighted by Gasteiger charge is -2.26. The Labute approximate surface area is 93.3 Å². The first kappa shape index (κ1) is 12.2. The first-order valence-electron chi connectivity index (χ1n) is 5.59. The normalized spacial score (nSPS) is 13.1. The monoisotopic (exact) mass is 206 g/mol. The topological polar surface area (TPSA) is 15.3 Å². The molecular weight excluding hydrogens is 184 g/mol. The molecule has 84 valence electrons. The smallest absolute Gasteiger partial charge is 0.0469 e. The van der Waals surface area contributed by atoms with Crippen LogP contribution in [0.5, 0.6) is 0 Å². The molecule has 1 unspecified atom stereocenters. The van der Waals surface area contributed by atoms with Gasteiger partial charge in [-0.05, 0) is 38.7 Å². The highest BCUT2D eigenvalue weighted by Gasteiger charge is 2.14. The third-order valence-corrected chi connectivity index (χ3v) is 2.76. The fraction of sp³-hybridized carbons (Fsp3) is 0.538. The standard InChI is InChI=1S/C13H22N2/c1-5-14-10-13(15(3)4)12-9-7-6-8-11(12)2/h6-9,13-14H,5,10H2,1-4H3. The molecule has 0 aliphatic heterocycles. The van der Waals surface area contributed by atoms with E-state index >= 15 is 0 Å². The van der Waals surface area contributed by atoms with Crippen LogP contribution in [0.3, 0.4) is 0 Å². The number of nitrogens with zero attached hydrogens (tertiary/aromatic N) is 1. The summed E-state index contributed by atoms with van der Waals surface area (Å²) in [5, 5.41) is 3.41. The number of benzene rings is 1. The molecule has 1 aromatic rings. The van der Waals surface area contributed by atoms with Crippen LogP contribution in [-0.4, -0.2) is 32.1 Å². The second-order valence-electron chi connectivity index (χ2n) is 4.14. The lowest BCUT2D eigenvalue weighted by molar-refractivity contribution is 0.289. The van der Waals surface area contributed by atoms with E-state index in [1.165, 1.54) is 11.1 Å². The van der Waals surface area contributed by atoms with Crippen LogP contribution in [0.1, 0.15) is 24.1 Å². The second-order valence-corrected chi connectivity index (χ2v) is 4.14. The van der Waals surface area contributed by atoms with E-state index in [4.69, 9.17) is 0 Å². The Bertz CT molecular complexity index is 294. The van der Waals surface area contributed by atoms with Gasteiger partial charge in [-0.15, -0.1) is 0 Å². The van der Waals surface area contributed by atoms with E-state index in [2.05, 4.69) is 62.4 Å².